The maximum Gasteiger partial charge on any atom is 0.291 e. The zero-order valence-corrected chi connectivity index (χ0v) is 20.3. The van der Waals surface area contributed by atoms with Crippen LogP contribution in [0.5, 0.6) is 0 Å². The summed E-state index contributed by atoms with van der Waals surface area (Å²) in [6.45, 7) is 2.04. The first-order chi connectivity index (χ1) is 18.2. The Balaban J connectivity index is 1.35. The fraction of sp³-hybridized carbons (Fsp3) is 0.0312. The summed E-state index contributed by atoms with van der Waals surface area (Å²) < 4.78 is 1.82. The number of benzene rings is 5. The summed E-state index contributed by atoms with van der Waals surface area (Å²) in [5.74, 6) is -0.370. The Hall–Kier alpha value is -5.03. The number of carbonyl (C=O) groups is 1. The van der Waals surface area contributed by atoms with Gasteiger partial charge in [0, 0.05) is 11.1 Å². The molecular formula is C32H24N4O. The molecule has 1 amide bonds. The molecule has 0 spiro atoms. The van der Waals surface area contributed by atoms with E-state index in [1.165, 1.54) is 0 Å². The molecule has 178 valence electrons. The number of hydrogen-bond donors (Lipinski definition) is 1. The number of hydrazone groups is 1. The summed E-state index contributed by atoms with van der Waals surface area (Å²) in [6, 6.07) is 38.5. The van der Waals surface area contributed by atoms with Gasteiger partial charge in [-0.1, -0.05) is 91.0 Å². The molecule has 5 heteroatoms. The van der Waals surface area contributed by atoms with Gasteiger partial charge in [0.1, 0.15) is 0 Å². The van der Waals surface area contributed by atoms with E-state index in [1.54, 1.807) is 6.21 Å². The number of amides is 1. The van der Waals surface area contributed by atoms with Crippen LogP contribution in [0.1, 0.15) is 21.6 Å². The van der Waals surface area contributed by atoms with Crippen molar-refractivity contribution in [2.24, 2.45) is 5.10 Å². The SMILES string of the molecule is Cc1cccc(-n2nc(C(=O)N/N=C\c3cccc4ccccc34)cc2-c2ccc3ccccc3c2)c1. The maximum atomic E-state index is 13.1. The van der Waals surface area contributed by atoms with Gasteiger partial charge in [-0.15, -0.1) is 0 Å². The van der Waals surface area contributed by atoms with Crippen LogP contribution in [0, 0.1) is 6.92 Å². The lowest BCUT2D eigenvalue weighted by molar-refractivity contribution is 0.0949. The van der Waals surface area contributed by atoms with Gasteiger partial charge in [0.2, 0.25) is 0 Å². The molecule has 1 aromatic heterocycles. The smallest absolute Gasteiger partial charge is 0.265 e. The average Bonchev–Trinajstić information content (AvgIpc) is 3.39. The first-order valence-electron chi connectivity index (χ1n) is 12.1. The van der Waals surface area contributed by atoms with Crippen molar-refractivity contribution in [2.45, 2.75) is 6.92 Å². The topological polar surface area (TPSA) is 59.3 Å². The quantitative estimate of drug-likeness (QED) is 0.215. The van der Waals surface area contributed by atoms with Crippen LogP contribution < -0.4 is 5.43 Å². The van der Waals surface area contributed by atoms with E-state index in [9.17, 15) is 4.79 Å². The molecule has 1 heterocycles. The Morgan fingerprint density at radius 1 is 0.784 bits per heavy atom. The third kappa shape index (κ3) is 4.50. The summed E-state index contributed by atoms with van der Waals surface area (Å²) in [5, 5.41) is 13.4. The molecule has 0 unspecified atom stereocenters. The minimum atomic E-state index is -0.370. The Labute approximate surface area is 214 Å². The molecular weight excluding hydrogens is 456 g/mol. The molecule has 0 fully saturated rings. The molecule has 0 saturated heterocycles. The van der Waals surface area contributed by atoms with Gasteiger partial charge in [-0.25, -0.2) is 10.1 Å². The fourth-order valence-corrected chi connectivity index (χ4v) is 4.58. The second-order valence-corrected chi connectivity index (χ2v) is 9.00. The summed E-state index contributed by atoms with van der Waals surface area (Å²) in [6.07, 6.45) is 1.67. The van der Waals surface area contributed by atoms with E-state index in [0.29, 0.717) is 5.69 Å². The molecule has 6 aromatic rings. The molecule has 0 aliphatic heterocycles. The predicted molar refractivity (Wildman–Crippen MR) is 150 cm³/mol. The third-order valence-corrected chi connectivity index (χ3v) is 6.43. The lowest BCUT2D eigenvalue weighted by Crippen LogP contribution is -2.18. The lowest BCUT2D eigenvalue weighted by Gasteiger charge is -2.09. The molecule has 6 rings (SSSR count). The molecule has 0 atom stereocenters. The summed E-state index contributed by atoms with van der Waals surface area (Å²) in [5.41, 5.74) is 7.69. The summed E-state index contributed by atoms with van der Waals surface area (Å²) >= 11 is 0. The average molecular weight is 481 g/mol. The summed E-state index contributed by atoms with van der Waals surface area (Å²) in [7, 11) is 0. The van der Waals surface area contributed by atoms with Crippen molar-refractivity contribution in [3.63, 3.8) is 0 Å². The highest BCUT2D eigenvalue weighted by Crippen LogP contribution is 2.28. The fourth-order valence-electron chi connectivity index (χ4n) is 4.58. The van der Waals surface area contributed by atoms with Crippen LogP contribution in [0.4, 0.5) is 0 Å². The number of nitrogens with zero attached hydrogens (tertiary/aromatic N) is 3. The normalized spacial score (nSPS) is 11.4. The second-order valence-electron chi connectivity index (χ2n) is 9.00. The molecule has 0 bridgehead atoms. The molecule has 5 aromatic carbocycles. The van der Waals surface area contributed by atoms with Crippen LogP contribution >= 0.6 is 0 Å². The van der Waals surface area contributed by atoms with Crippen LogP contribution in [-0.4, -0.2) is 21.9 Å². The Kier molecular flexibility index (Phi) is 5.79. The number of rotatable bonds is 5. The van der Waals surface area contributed by atoms with Crippen LogP contribution in [0.2, 0.25) is 0 Å². The summed E-state index contributed by atoms with van der Waals surface area (Å²) in [4.78, 5) is 13.1. The van der Waals surface area contributed by atoms with Crippen molar-refractivity contribution < 1.29 is 4.79 Å². The van der Waals surface area contributed by atoms with Gasteiger partial charge in [-0.2, -0.15) is 10.2 Å². The zero-order valence-electron chi connectivity index (χ0n) is 20.3. The number of aryl methyl sites for hydroxylation is 1. The van der Waals surface area contributed by atoms with Gasteiger partial charge in [-0.05, 0) is 58.3 Å². The van der Waals surface area contributed by atoms with Gasteiger partial charge >= 0.3 is 0 Å². The largest absolute Gasteiger partial charge is 0.291 e. The lowest BCUT2D eigenvalue weighted by atomic mass is 10.0. The molecule has 1 N–H and O–H groups in total. The highest BCUT2D eigenvalue weighted by molar-refractivity contribution is 6.00. The Morgan fingerprint density at radius 2 is 1.54 bits per heavy atom. The second kappa shape index (κ2) is 9.55. The van der Waals surface area contributed by atoms with Crippen molar-refractivity contribution >= 4 is 33.7 Å². The first kappa shape index (κ1) is 22.4. The van der Waals surface area contributed by atoms with Gasteiger partial charge in [0.05, 0.1) is 17.6 Å². The van der Waals surface area contributed by atoms with Crippen LogP contribution in [0.15, 0.2) is 120 Å². The van der Waals surface area contributed by atoms with Gasteiger partial charge in [0.15, 0.2) is 5.69 Å². The molecule has 37 heavy (non-hydrogen) atoms. The number of fused-ring (bicyclic) bond motifs is 2. The third-order valence-electron chi connectivity index (χ3n) is 6.43. The molecule has 0 aliphatic carbocycles. The van der Waals surface area contributed by atoms with E-state index in [0.717, 1.165) is 49.6 Å². The van der Waals surface area contributed by atoms with E-state index in [1.807, 2.05) is 78.3 Å². The van der Waals surface area contributed by atoms with Crippen molar-refractivity contribution in [1.82, 2.24) is 15.2 Å². The van der Waals surface area contributed by atoms with E-state index in [4.69, 9.17) is 0 Å². The standard InChI is InChI=1S/C32H24N4O/c1-22-8-6-14-28(18-22)36-31(26-17-16-23-9-2-3-11-25(23)19-26)20-30(35-36)32(37)34-33-21-27-13-7-12-24-10-4-5-15-29(24)27/h2-21H,1H3,(H,34,37)/b33-21-. The van der Waals surface area contributed by atoms with Gasteiger partial charge in [-0.3, -0.25) is 4.79 Å². The Morgan fingerprint density at radius 3 is 2.41 bits per heavy atom. The van der Waals surface area contributed by atoms with E-state index in [-0.39, 0.29) is 5.91 Å². The highest BCUT2D eigenvalue weighted by atomic mass is 16.2. The van der Waals surface area contributed by atoms with Crippen molar-refractivity contribution in [3.05, 3.63) is 132 Å². The van der Waals surface area contributed by atoms with Gasteiger partial charge in [0.25, 0.3) is 5.91 Å². The number of nitrogens with one attached hydrogen (secondary N) is 1. The predicted octanol–water partition coefficient (Wildman–Crippen LogP) is 6.92. The van der Waals surface area contributed by atoms with Crippen molar-refractivity contribution in [2.75, 3.05) is 0 Å². The molecule has 0 aliphatic rings. The highest BCUT2D eigenvalue weighted by Gasteiger charge is 2.17. The number of aromatic nitrogens is 2. The molecule has 0 saturated carbocycles. The van der Waals surface area contributed by atoms with Crippen LogP contribution in [0.25, 0.3) is 38.5 Å². The minimum absolute atomic E-state index is 0.291. The zero-order chi connectivity index (χ0) is 25.2. The van der Waals surface area contributed by atoms with Crippen LogP contribution in [0.3, 0.4) is 0 Å². The monoisotopic (exact) mass is 480 g/mol. The number of hydrogen-bond acceptors (Lipinski definition) is 3. The molecule has 5 nitrogen and oxygen atoms in total. The first-order valence-corrected chi connectivity index (χ1v) is 12.1. The number of carbonyl (C=O) groups excluding carboxylic acids is 1. The maximum absolute atomic E-state index is 13.1. The van der Waals surface area contributed by atoms with E-state index < -0.39 is 0 Å². The van der Waals surface area contributed by atoms with Gasteiger partial charge < -0.3 is 0 Å². The molecule has 0 radical (unpaired) electrons. The van der Waals surface area contributed by atoms with Crippen LogP contribution in [-0.2, 0) is 0 Å². The van der Waals surface area contributed by atoms with Crippen molar-refractivity contribution in [1.29, 1.82) is 0 Å². The minimum Gasteiger partial charge on any atom is -0.265 e. The van der Waals surface area contributed by atoms with Crippen molar-refractivity contribution in [3.8, 4) is 16.9 Å². The van der Waals surface area contributed by atoms with E-state index >= 15 is 0 Å². The van der Waals surface area contributed by atoms with E-state index in [2.05, 4.69) is 64.2 Å². The Bertz CT molecular complexity index is 1790.